The van der Waals surface area contributed by atoms with Gasteiger partial charge in [0, 0.05) is 11.8 Å². The van der Waals surface area contributed by atoms with Gasteiger partial charge in [-0.1, -0.05) is 76.8 Å². The highest BCUT2D eigenvalue weighted by atomic mass is 16.5. The van der Waals surface area contributed by atoms with Gasteiger partial charge in [-0.05, 0) is 152 Å². The molecule has 5 heteroatoms. The summed E-state index contributed by atoms with van der Waals surface area (Å²) in [6.07, 6.45) is 16.0. The zero-order valence-corrected chi connectivity index (χ0v) is 29.9. The van der Waals surface area contributed by atoms with Crippen molar-refractivity contribution in [2.45, 2.75) is 135 Å². The van der Waals surface area contributed by atoms with E-state index in [1.54, 1.807) is 24.3 Å². The maximum Gasteiger partial charge on any atom is 0.306 e. The van der Waals surface area contributed by atoms with E-state index in [2.05, 4.69) is 26.8 Å². The quantitative estimate of drug-likeness (QED) is 0.198. The van der Waals surface area contributed by atoms with Crippen molar-refractivity contribution in [3.8, 4) is 17.2 Å². The predicted molar refractivity (Wildman–Crippen MR) is 196 cm³/mol. The molecule has 4 aliphatic rings. The summed E-state index contributed by atoms with van der Waals surface area (Å²) in [5.41, 5.74) is 5.48. The van der Waals surface area contributed by atoms with Crippen LogP contribution in [-0.2, 0) is 16.0 Å². The number of phenols is 3. The van der Waals surface area contributed by atoms with E-state index in [1.165, 1.54) is 67.2 Å². The molecule has 0 unspecified atom stereocenters. The number of aryl methyl sites for hydroxylation is 1. The summed E-state index contributed by atoms with van der Waals surface area (Å²) in [7, 11) is 0. The molecular weight excluding hydrogens is 608 g/mol. The van der Waals surface area contributed by atoms with Crippen LogP contribution in [0.3, 0.4) is 0 Å². The van der Waals surface area contributed by atoms with Crippen molar-refractivity contribution in [1.82, 2.24) is 0 Å². The molecule has 3 N–H and O–H groups in total. The molecule has 49 heavy (non-hydrogen) atoms. The standard InChI is InChI=1S/C26H36O3.C18H22O2/c1-26-15-14-21-20-10-8-19(27)16-18(20)7-9-22(21)23(26)11-12-24(26)29-25(28)13-6-17-4-2-3-5-17;1-3-17(13-5-9-15(19)10-6-13)18(4-2)14-7-11-16(20)12-8-14/h8,10,16-17,21-24,27H,2-7,9,11-15H2,1H3;5-12,17-20H,3-4H2,1-2H3/t21-,22-,23+,24+,26+;17-,18+/m1./s1. The van der Waals surface area contributed by atoms with Crippen LogP contribution in [0.15, 0.2) is 66.7 Å². The van der Waals surface area contributed by atoms with Gasteiger partial charge in [0.25, 0.3) is 0 Å². The van der Waals surface area contributed by atoms with Crippen LogP contribution < -0.4 is 0 Å². The first-order chi connectivity index (χ1) is 23.7. The minimum Gasteiger partial charge on any atom is -0.508 e. The molecule has 0 saturated heterocycles. The highest BCUT2D eigenvalue weighted by molar-refractivity contribution is 5.69. The first-order valence-electron chi connectivity index (χ1n) is 19.3. The third kappa shape index (κ3) is 7.81. The SMILES string of the molecule is CC[C@H](c1ccc(O)cc1)[C@@H](CC)c1ccc(O)cc1.C[C@]12CC[C@@H]3c4ccc(O)cc4CC[C@H]3[C@@H]1CC[C@@H]2OC(=O)CCC1CCCC1. The Morgan fingerprint density at radius 1 is 0.776 bits per heavy atom. The molecular formula is C44H58O5. The second kappa shape index (κ2) is 15.6. The van der Waals surface area contributed by atoms with Crippen molar-refractivity contribution >= 4 is 5.97 Å². The molecule has 264 valence electrons. The van der Waals surface area contributed by atoms with E-state index >= 15 is 0 Å². The number of phenolic OH excluding ortho intramolecular Hbond substituents is 3. The molecule has 7 atom stereocenters. The van der Waals surface area contributed by atoms with E-state index in [9.17, 15) is 20.1 Å². The number of benzene rings is 3. The van der Waals surface area contributed by atoms with Gasteiger partial charge in [-0.3, -0.25) is 4.79 Å². The molecule has 0 bridgehead atoms. The van der Waals surface area contributed by atoms with Crippen molar-refractivity contribution in [3.63, 3.8) is 0 Å². The molecule has 0 aromatic heterocycles. The Morgan fingerprint density at radius 3 is 1.96 bits per heavy atom. The van der Waals surface area contributed by atoms with Gasteiger partial charge in [-0.25, -0.2) is 0 Å². The molecule has 3 aromatic carbocycles. The Balaban J connectivity index is 0.000000183. The van der Waals surface area contributed by atoms with Gasteiger partial charge in [0.2, 0.25) is 0 Å². The van der Waals surface area contributed by atoms with E-state index in [1.807, 2.05) is 36.4 Å². The van der Waals surface area contributed by atoms with Crippen LogP contribution in [0.4, 0.5) is 0 Å². The summed E-state index contributed by atoms with van der Waals surface area (Å²) in [6.45, 7) is 6.79. The van der Waals surface area contributed by atoms with Crippen LogP contribution in [0.5, 0.6) is 17.2 Å². The third-order valence-electron chi connectivity index (χ3n) is 13.1. The van der Waals surface area contributed by atoms with Crippen LogP contribution >= 0.6 is 0 Å². The van der Waals surface area contributed by atoms with Crippen LogP contribution in [0, 0.1) is 23.2 Å². The Hall–Kier alpha value is -3.47. The summed E-state index contributed by atoms with van der Waals surface area (Å²) in [4.78, 5) is 12.6. The van der Waals surface area contributed by atoms with Crippen molar-refractivity contribution in [3.05, 3.63) is 89.0 Å². The lowest BCUT2D eigenvalue weighted by molar-refractivity contribution is -0.158. The number of hydrogen-bond acceptors (Lipinski definition) is 5. The van der Waals surface area contributed by atoms with Crippen molar-refractivity contribution in [1.29, 1.82) is 0 Å². The molecule has 5 nitrogen and oxygen atoms in total. The summed E-state index contributed by atoms with van der Waals surface area (Å²) in [5, 5.41) is 28.7. The fourth-order valence-electron chi connectivity index (χ4n) is 10.5. The van der Waals surface area contributed by atoms with E-state index in [-0.39, 0.29) is 17.5 Å². The normalized spacial score (nSPS) is 27.2. The van der Waals surface area contributed by atoms with Crippen molar-refractivity contribution in [2.24, 2.45) is 23.2 Å². The zero-order chi connectivity index (χ0) is 34.5. The summed E-state index contributed by atoms with van der Waals surface area (Å²) < 4.78 is 6.14. The summed E-state index contributed by atoms with van der Waals surface area (Å²) in [5.74, 6) is 4.64. The molecule has 3 aromatic rings. The van der Waals surface area contributed by atoms with Gasteiger partial charge in [-0.2, -0.15) is 0 Å². The number of rotatable bonds is 9. The van der Waals surface area contributed by atoms with Crippen LogP contribution in [-0.4, -0.2) is 27.4 Å². The molecule has 3 fully saturated rings. The van der Waals surface area contributed by atoms with Crippen LogP contribution in [0.1, 0.15) is 144 Å². The fourth-order valence-corrected chi connectivity index (χ4v) is 10.5. The van der Waals surface area contributed by atoms with Gasteiger partial charge in [0.15, 0.2) is 0 Å². The van der Waals surface area contributed by atoms with Gasteiger partial charge >= 0.3 is 5.97 Å². The van der Waals surface area contributed by atoms with Crippen molar-refractivity contribution in [2.75, 3.05) is 0 Å². The molecule has 4 aliphatic carbocycles. The third-order valence-corrected chi connectivity index (χ3v) is 13.1. The van der Waals surface area contributed by atoms with E-state index in [4.69, 9.17) is 4.74 Å². The van der Waals surface area contributed by atoms with Gasteiger partial charge < -0.3 is 20.1 Å². The molecule has 0 radical (unpaired) electrons. The minimum atomic E-state index is 0.0513. The Bertz CT molecular complexity index is 1470. The highest BCUT2D eigenvalue weighted by Gasteiger charge is 2.56. The van der Waals surface area contributed by atoms with Crippen molar-refractivity contribution < 1.29 is 24.9 Å². The molecule has 3 saturated carbocycles. The molecule has 0 spiro atoms. The van der Waals surface area contributed by atoms with Gasteiger partial charge in [-0.15, -0.1) is 0 Å². The van der Waals surface area contributed by atoms with E-state index in [0.717, 1.165) is 44.4 Å². The number of fused-ring (bicyclic) bond motifs is 5. The lowest BCUT2D eigenvalue weighted by Crippen LogP contribution is -2.45. The fraction of sp³-hybridized carbons (Fsp3) is 0.568. The van der Waals surface area contributed by atoms with Crippen LogP contribution in [0.2, 0.25) is 0 Å². The Labute approximate surface area is 294 Å². The number of esters is 1. The lowest BCUT2D eigenvalue weighted by atomic mass is 9.55. The summed E-state index contributed by atoms with van der Waals surface area (Å²) >= 11 is 0. The topological polar surface area (TPSA) is 87.0 Å². The Morgan fingerprint density at radius 2 is 1.37 bits per heavy atom. The monoisotopic (exact) mass is 666 g/mol. The molecule has 7 rings (SSSR count). The average molecular weight is 667 g/mol. The molecule has 0 amide bonds. The average Bonchev–Trinajstić information content (AvgIpc) is 3.75. The highest BCUT2D eigenvalue weighted by Crippen LogP contribution is 2.61. The maximum absolute atomic E-state index is 12.6. The number of aromatic hydroxyl groups is 3. The van der Waals surface area contributed by atoms with E-state index < -0.39 is 0 Å². The molecule has 0 heterocycles. The number of carbonyl (C=O) groups is 1. The smallest absolute Gasteiger partial charge is 0.306 e. The number of ether oxygens (including phenoxy) is 1. The number of carbonyl (C=O) groups excluding carboxylic acids is 1. The zero-order valence-electron chi connectivity index (χ0n) is 29.9. The van der Waals surface area contributed by atoms with Crippen LogP contribution in [0.25, 0.3) is 0 Å². The number of hydrogen-bond donors (Lipinski definition) is 3. The lowest BCUT2D eigenvalue weighted by Gasteiger charge is -2.50. The van der Waals surface area contributed by atoms with E-state index in [0.29, 0.717) is 53.3 Å². The largest absolute Gasteiger partial charge is 0.508 e. The second-order valence-corrected chi connectivity index (χ2v) is 15.8. The first kappa shape index (κ1) is 35.4. The second-order valence-electron chi connectivity index (χ2n) is 15.8. The minimum absolute atomic E-state index is 0.0513. The predicted octanol–water partition coefficient (Wildman–Crippen LogP) is 10.9. The first-order valence-corrected chi connectivity index (χ1v) is 19.3. The van der Waals surface area contributed by atoms with Gasteiger partial charge in [0.1, 0.15) is 23.4 Å². The van der Waals surface area contributed by atoms with Gasteiger partial charge in [0.05, 0.1) is 0 Å². The molecule has 0 aliphatic heterocycles. The summed E-state index contributed by atoms with van der Waals surface area (Å²) in [6, 6.07) is 21.0. The maximum atomic E-state index is 12.6. The Kier molecular flexibility index (Phi) is 11.3.